The lowest BCUT2D eigenvalue weighted by Crippen LogP contribution is -2.20. The highest BCUT2D eigenvalue weighted by Crippen LogP contribution is 2.32. The number of halogens is 1. The van der Waals surface area contributed by atoms with E-state index in [1.54, 1.807) is 6.07 Å². The number of anilines is 1. The van der Waals surface area contributed by atoms with E-state index in [0.29, 0.717) is 10.7 Å². The lowest BCUT2D eigenvalue weighted by atomic mass is 9.84. The molecule has 0 aliphatic carbocycles. The molecule has 102 valence electrons. The van der Waals surface area contributed by atoms with Gasteiger partial charge in [0.1, 0.15) is 11.3 Å². The Morgan fingerprint density at radius 2 is 1.85 bits per heavy atom. The van der Waals surface area contributed by atoms with Crippen molar-refractivity contribution in [3.8, 4) is 0 Å². The van der Waals surface area contributed by atoms with Gasteiger partial charge in [0.05, 0.1) is 11.2 Å². The molecule has 3 nitrogen and oxygen atoms in total. The summed E-state index contributed by atoms with van der Waals surface area (Å²) >= 11 is 6.04. The molecule has 1 aromatic heterocycles. The summed E-state index contributed by atoms with van der Waals surface area (Å²) in [6.07, 6.45) is 0. The SMILES string of the molecule is CC(C)(c1ccccc1)c1nc2c(N)cc(Cl)cc2[nH]1. The highest BCUT2D eigenvalue weighted by Gasteiger charge is 2.27. The lowest BCUT2D eigenvalue weighted by Gasteiger charge is -2.22. The van der Waals surface area contributed by atoms with Crippen LogP contribution in [-0.2, 0) is 5.41 Å². The van der Waals surface area contributed by atoms with Crippen molar-refractivity contribution >= 4 is 28.3 Å². The normalized spacial score (nSPS) is 11.9. The van der Waals surface area contributed by atoms with Crippen LogP contribution in [0.2, 0.25) is 5.02 Å². The molecule has 2 aromatic carbocycles. The summed E-state index contributed by atoms with van der Waals surface area (Å²) in [5, 5.41) is 0.614. The molecule has 3 aromatic rings. The van der Waals surface area contributed by atoms with Crippen molar-refractivity contribution in [3.05, 3.63) is 58.9 Å². The van der Waals surface area contributed by atoms with Gasteiger partial charge >= 0.3 is 0 Å². The minimum atomic E-state index is -0.223. The maximum absolute atomic E-state index is 6.04. The Hall–Kier alpha value is -2.00. The number of nitrogen functional groups attached to an aromatic ring is 1. The maximum atomic E-state index is 6.04. The fraction of sp³-hybridized carbons (Fsp3) is 0.188. The quantitative estimate of drug-likeness (QED) is 0.696. The van der Waals surface area contributed by atoms with Crippen molar-refractivity contribution in [1.82, 2.24) is 9.97 Å². The molecule has 3 N–H and O–H groups in total. The van der Waals surface area contributed by atoms with Crippen LogP contribution in [0.3, 0.4) is 0 Å². The van der Waals surface area contributed by atoms with Gasteiger partial charge < -0.3 is 10.7 Å². The summed E-state index contributed by atoms with van der Waals surface area (Å²) < 4.78 is 0. The second-order valence-electron chi connectivity index (χ2n) is 5.47. The first kappa shape index (κ1) is 13.0. The van der Waals surface area contributed by atoms with Crippen molar-refractivity contribution < 1.29 is 0 Å². The Labute approximate surface area is 122 Å². The molecule has 0 amide bonds. The van der Waals surface area contributed by atoms with E-state index in [-0.39, 0.29) is 5.41 Å². The van der Waals surface area contributed by atoms with Gasteiger partial charge in [-0.15, -0.1) is 0 Å². The lowest BCUT2D eigenvalue weighted by molar-refractivity contribution is 0.601. The van der Waals surface area contributed by atoms with Gasteiger partial charge in [-0.05, 0) is 31.5 Å². The van der Waals surface area contributed by atoms with Gasteiger partial charge in [0.15, 0.2) is 0 Å². The molecular formula is C16H16ClN3. The number of benzene rings is 2. The predicted molar refractivity (Wildman–Crippen MR) is 84.1 cm³/mol. The highest BCUT2D eigenvalue weighted by molar-refractivity contribution is 6.31. The number of rotatable bonds is 2. The number of aromatic nitrogens is 2. The Kier molecular flexibility index (Phi) is 2.94. The molecule has 0 spiro atoms. The molecule has 0 unspecified atom stereocenters. The van der Waals surface area contributed by atoms with Crippen molar-refractivity contribution in [2.75, 3.05) is 5.73 Å². The average molecular weight is 286 g/mol. The third-order valence-electron chi connectivity index (χ3n) is 3.67. The van der Waals surface area contributed by atoms with Crippen molar-refractivity contribution in [1.29, 1.82) is 0 Å². The molecular weight excluding hydrogens is 270 g/mol. The molecule has 0 fully saturated rings. The van der Waals surface area contributed by atoms with E-state index in [1.807, 2.05) is 24.3 Å². The highest BCUT2D eigenvalue weighted by atomic mass is 35.5. The van der Waals surface area contributed by atoms with Gasteiger partial charge in [0.25, 0.3) is 0 Å². The topological polar surface area (TPSA) is 54.7 Å². The first-order valence-corrected chi connectivity index (χ1v) is 6.87. The van der Waals surface area contributed by atoms with Crippen LogP contribution in [0.1, 0.15) is 25.2 Å². The second-order valence-corrected chi connectivity index (χ2v) is 5.90. The van der Waals surface area contributed by atoms with Crippen molar-refractivity contribution in [2.24, 2.45) is 0 Å². The van der Waals surface area contributed by atoms with Gasteiger partial charge in [0.2, 0.25) is 0 Å². The molecule has 0 saturated heterocycles. The van der Waals surface area contributed by atoms with E-state index < -0.39 is 0 Å². The molecule has 0 bridgehead atoms. The molecule has 0 aliphatic rings. The Bertz CT molecular complexity index is 760. The third-order valence-corrected chi connectivity index (χ3v) is 3.89. The Morgan fingerprint density at radius 1 is 1.15 bits per heavy atom. The second kappa shape index (κ2) is 4.53. The smallest absolute Gasteiger partial charge is 0.117 e. The number of H-pyrrole nitrogens is 1. The number of hydrogen-bond donors (Lipinski definition) is 2. The number of nitrogens with two attached hydrogens (primary N) is 1. The number of fused-ring (bicyclic) bond motifs is 1. The zero-order valence-electron chi connectivity index (χ0n) is 11.4. The van der Waals surface area contributed by atoms with E-state index in [9.17, 15) is 0 Å². The summed E-state index contributed by atoms with van der Waals surface area (Å²) in [5.41, 5.74) is 9.20. The summed E-state index contributed by atoms with van der Waals surface area (Å²) in [7, 11) is 0. The monoisotopic (exact) mass is 285 g/mol. The average Bonchev–Trinajstić information content (AvgIpc) is 2.84. The summed E-state index contributed by atoms with van der Waals surface area (Å²) in [4.78, 5) is 8.00. The van der Waals surface area contributed by atoms with Gasteiger partial charge in [-0.2, -0.15) is 0 Å². The minimum absolute atomic E-state index is 0.223. The van der Waals surface area contributed by atoms with E-state index in [1.165, 1.54) is 5.56 Å². The van der Waals surface area contributed by atoms with Crippen LogP contribution in [0.5, 0.6) is 0 Å². The maximum Gasteiger partial charge on any atom is 0.117 e. The molecule has 4 heteroatoms. The standard InChI is InChI=1S/C16H16ClN3/c1-16(2,10-6-4-3-5-7-10)15-19-13-9-11(17)8-12(18)14(13)20-15/h3-9H,18H2,1-2H3,(H,19,20). The van der Waals surface area contributed by atoms with Crippen LogP contribution in [-0.4, -0.2) is 9.97 Å². The van der Waals surface area contributed by atoms with E-state index in [2.05, 4.69) is 35.9 Å². The van der Waals surface area contributed by atoms with E-state index in [4.69, 9.17) is 17.3 Å². The van der Waals surface area contributed by atoms with E-state index >= 15 is 0 Å². The van der Waals surface area contributed by atoms with Gasteiger partial charge in [-0.1, -0.05) is 41.9 Å². The number of imidazole rings is 1. The molecule has 1 heterocycles. The number of hydrogen-bond acceptors (Lipinski definition) is 2. The summed E-state index contributed by atoms with van der Waals surface area (Å²) in [5.74, 6) is 0.882. The first-order chi connectivity index (χ1) is 9.48. The fourth-order valence-electron chi connectivity index (χ4n) is 2.40. The van der Waals surface area contributed by atoms with E-state index in [0.717, 1.165) is 16.9 Å². The largest absolute Gasteiger partial charge is 0.397 e. The predicted octanol–water partition coefficient (Wildman–Crippen LogP) is 4.12. The van der Waals surface area contributed by atoms with Crippen molar-refractivity contribution in [2.45, 2.75) is 19.3 Å². The number of nitrogens with one attached hydrogen (secondary N) is 1. The molecule has 0 radical (unpaired) electrons. The third kappa shape index (κ3) is 2.04. The molecule has 0 aliphatic heterocycles. The van der Waals surface area contributed by atoms with Crippen LogP contribution in [0.15, 0.2) is 42.5 Å². The van der Waals surface area contributed by atoms with Gasteiger partial charge in [0, 0.05) is 10.4 Å². The summed E-state index contributed by atoms with van der Waals surface area (Å²) in [6, 6.07) is 13.9. The van der Waals surface area contributed by atoms with Crippen LogP contribution >= 0.6 is 11.6 Å². The number of nitrogens with zero attached hydrogens (tertiary/aromatic N) is 1. The molecule has 20 heavy (non-hydrogen) atoms. The molecule has 0 atom stereocenters. The van der Waals surface area contributed by atoms with Crippen LogP contribution in [0.25, 0.3) is 11.0 Å². The molecule has 3 rings (SSSR count). The number of aromatic amines is 1. The Balaban J connectivity index is 2.17. The minimum Gasteiger partial charge on any atom is -0.397 e. The zero-order chi connectivity index (χ0) is 14.3. The van der Waals surface area contributed by atoms with Crippen LogP contribution in [0.4, 0.5) is 5.69 Å². The van der Waals surface area contributed by atoms with Gasteiger partial charge in [-0.25, -0.2) is 4.98 Å². The van der Waals surface area contributed by atoms with Gasteiger partial charge in [-0.3, -0.25) is 0 Å². The first-order valence-electron chi connectivity index (χ1n) is 6.49. The zero-order valence-corrected chi connectivity index (χ0v) is 12.2. The van der Waals surface area contributed by atoms with Crippen LogP contribution in [0, 0.1) is 0 Å². The molecule has 0 saturated carbocycles. The summed E-state index contributed by atoms with van der Waals surface area (Å²) in [6.45, 7) is 4.27. The Morgan fingerprint density at radius 3 is 2.55 bits per heavy atom. The van der Waals surface area contributed by atoms with Crippen LogP contribution < -0.4 is 5.73 Å². The van der Waals surface area contributed by atoms with Crippen molar-refractivity contribution in [3.63, 3.8) is 0 Å². The fourth-order valence-corrected chi connectivity index (χ4v) is 2.62.